The lowest BCUT2D eigenvalue weighted by Crippen LogP contribution is -2.21. The lowest BCUT2D eigenvalue weighted by atomic mass is 9.97. The molecule has 0 saturated heterocycles. The largest absolute Gasteiger partial charge is 0.416 e. The Morgan fingerprint density at radius 2 is 1.66 bits per heavy atom. The number of hydrogen-bond donors (Lipinski definition) is 3. The Bertz CT molecular complexity index is 1250. The molecule has 0 aliphatic carbocycles. The summed E-state index contributed by atoms with van der Waals surface area (Å²) in [6.07, 6.45) is -4.49. The minimum atomic E-state index is -4.49. The van der Waals surface area contributed by atoms with Crippen molar-refractivity contribution in [1.29, 1.82) is 0 Å². The normalized spacial score (nSPS) is 13.1. The molecule has 4 N–H and O–H groups in total. The summed E-state index contributed by atoms with van der Waals surface area (Å²) in [5.41, 5.74) is 1.53. The summed E-state index contributed by atoms with van der Waals surface area (Å²) in [5.74, 6) is -0.775. The summed E-state index contributed by atoms with van der Waals surface area (Å²) < 4.78 is 62.7. The number of hydrogen-bond acceptors (Lipinski definition) is 3. The first-order valence-corrected chi connectivity index (χ1v) is 11.2. The van der Waals surface area contributed by atoms with E-state index in [1.165, 1.54) is 12.1 Å². The summed E-state index contributed by atoms with van der Waals surface area (Å²) in [4.78, 5) is 15.9. The molecular weight excluding hydrogens is 467 g/mol. The van der Waals surface area contributed by atoms with E-state index in [0.29, 0.717) is 16.3 Å². The number of carbonyl (C=O) groups is 1. The lowest BCUT2D eigenvalue weighted by molar-refractivity contribution is -0.137. The summed E-state index contributed by atoms with van der Waals surface area (Å²) in [6.45, 7) is 3.48. The van der Waals surface area contributed by atoms with Crippen molar-refractivity contribution in [1.82, 2.24) is 4.98 Å². The zero-order valence-corrected chi connectivity index (χ0v) is 18.5. The maximum Gasteiger partial charge on any atom is 0.416 e. The monoisotopic (exact) mass is 485 g/mol. The SMILES string of the molecule is Cc1c(C(=O)c2ccc(C(F)(F)F)cc2)[nH]c(C(C)c2ccc(NS(N)(=O)=O)cc2)c1Cl. The second kappa shape index (κ2) is 8.61. The van der Waals surface area contributed by atoms with Gasteiger partial charge in [0, 0.05) is 22.9 Å². The Hall–Kier alpha value is -2.82. The van der Waals surface area contributed by atoms with Crippen molar-refractivity contribution in [3.63, 3.8) is 0 Å². The van der Waals surface area contributed by atoms with Crippen LogP contribution in [0.4, 0.5) is 18.9 Å². The molecule has 1 heterocycles. The van der Waals surface area contributed by atoms with Gasteiger partial charge in [0.2, 0.25) is 5.78 Å². The molecule has 0 bridgehead atoms. The molecule has 1 aromatic heterocycles. The van der Waals surface area contributed by atoms with Crippen LogP contribution in [0.2, 0.25) is 5.02 Å². The van der Waals surface area contributed by atoms with E-state index in [-0.39, 0.29) is 22.9 Å². The fourth-order valence-electron chi connectivity index (χ4n) is 3.25. The van der Waals surface area contributed by atoms with Crippen molar-refractivity contribution in [3.8, 4) is 0 Å². The molecule has 0 radical (unpaired) electrons. The molecule has 0 saturated carbocycles. The third kappa shape index (κ3) is 5.14. The van der Waals surface area contributed by atoms with Crippen LogP contribution >= 0.6 is 11.6 Å². The van der Waals surface area contributed by atoms with Crippen LogP contribution in [0, 0.1) is 6.92 Å². The average molecular weight is 486 g/mol. The van der Waals surface area contributed by atoms with Gasteiger partial charge in [-0.2, -0.15) is 21.6 Å². The second-order valence-electron chi connectivity index (χ2n) is 7.25. The first-order chi connectivity index (χ1) is 14.8. The molecule has 0 fully saturated rings. The van der Waals surface area contributed by atoms with E-state index in [0.717, 1.165) is 29.8 Å². The van der Waals surface area contributed by atoms with Gasteiger partial charge in [0.1, 0.15) is 0 Å². The van der Waals surface area contributed by atoms with E-state index < -0.39 is 27.7 Å². The standard InChI is InChI=1S/C21H19ClF3N3O3S/c1-11(13-5-9-16(10-6-13)28-32(26,30)31)18-17(22)12(2)19(27-18)20(29)14-3-7-15(8-4-14)21(23,24)25/h3-11,27-28H,1-2H3,(H2,26,30,31). The predicted octanol–water partition coefficient (Wildman–Crippen LogP) is 4.99. The number of halogens is 4. The number of anilines is 1. The number of ketones is 1. The number of aromatic amines is 1. The molecule has 6 nitrogen and oxygen atoms in total. The van der Waals surface area contributed by atoms with Crippen LogP contribution < -0.4 is 9.86 Å². The summed E-state index contributed by atoms with van der Waals surface area (Å²) in [6, 6.07) is 10.4. The van der Waals surface area contributed by atoms with Crippen molar-refractivity contribution < 1.29 is 26.4 Å². The van der Waals surface area contributed by atoms with E-state index in [1.54, 1.807) is 19.1 Å². The molecule has 11 heteroatoms. The smallest absolute Gasteiger partial charge is 0.354 e. The maximum atomic E-state index is 12.9. The molecule has 0 aliphatic heterocycles. The van der Waals surface area contributed by atoms with Crippen LogP contribution in [0.15, 0.2) is 48.5 Å². The highest BCUT2D eigenvalue weighted by atomic mass is 35.5. The van der Waals surface area contributed by atoms with Gasteiger partial charge in [0.25, 0.3) is 10.2 Å². The molecule has 3 aromatic rings. The van der Waals surface area contributed by atoms with Crippen molar-refractivity contribution in [2.45, 2.75) is 25.9 Å². The number of rotatable bonds is 6. The zero-order valence-electron chi connectivity index (χ0n) is 16.9. The van der Waals surface area contributed by atoms with Gasteiger partial charge >= 0.3 is 6.18 Å². The minimum absolute atomic E-state index is 0.0941. The Morgan fingerprint density at radius 1 is 1.09 bits per heavy atom. The molecule has 1 atom stereocenters. The van der Waals surface area contributed by atoms with Gasteiger partial charge < -0.3 is 4.98 Å². The summed E-state index contributed by atoms with van der Waals surface area (Å²) in [7, 11) is -3.90. The second-order valence-corrected chi connectivity index (χ2v) is 8.92. The zero-order chi connectivity index (χ0) is 23.8. The van der Waals surface area contributed by atoms with Gasteiger partial charge in [-0.05, 0) is 42.3 Å². The average Bonchev–Trinajstić information content (AvgIpc) is 3.00. The van der Waals surface area contributed by atoms with Crippen molar-refractivity contribution in [3.05, 3.63) is 87.2 Å². The Kier molecular flexibility index (Phi) is 6.41. The third-order valence-corrected chi connectivity index (χ3v) is 6.01. The number of aromatic nitrogens is 1. The highest BCUT2D eigenvalue weighted by Crippen LogP contribution is 2.35. The Balaban J connectivity index is 1.88. The number of alkyl halides is 3. The van der Waals surface area contributed by atoms with Crippen molar-refractivity contribution in [2.24, 2.45) is 5.14 Å². The minimum Gasteiger partial charge on any atom is -0.354 e. The predicted molar refractivity (Wildman–Crippen MR) is 116 cm³/mol. The number of carbonyl (C=O) groups excluding carboxylic acids is 1. The van der Waals surface area contributed by atoms with Crippen LogP contribution in [-0.4, -0.2) is 19.2 Å². The molecule has 0 amide bonds. The maximum absolute atomic E-state index is 12.9. The molecule has 2 aromatic carbocycles. The Labute approximate surface area is 187 Å². The highest BCUT2D eigenvalue weighted by molar-refractivity contribution is 7.90. The quantitative estimate of drug-likeness (QED) is 0.428. The number of nitrogens with one attached hydrogen (secondary N) is 2. The Morgan fingerprint density at radius 3 is 2.16 bits per heavy atom. The lowest BCUT2D eigenvalue weighted by Gasteiger charge is -2.12. The van der Waals surface area contributed by atoms with Crippen LogP contribution in [0.1, 0.15) is 51.3 Å². The number of nitrogens with two attached hydrogens (primary N) is 1. The molecule has 3 rings (SSSR count). The van der Waals surface area contributed by atoms with E-state index in [4.69, 9.17) is 16.7 Å². The highest BCUT2D eigenvalue weighted by Gasteiger charge is 2.30. The third-order valence-electron chi connectivity index (χ3n) is 5.01. The number of H-pyrrole nitrogens is 1. The number of benzene rings is 2. The van der Waals surface area contributed by atoms with E-state index in [9.17, 15) is 26.4 Å². The van der Waals surface area contributed by atoms with Gasteiger partial charge in [0.15, 0.2) is 0 Å². The fourth-order valence-corrected chi connectivity index (χ4v) is 4.02. The van der Waals surface area contributed by atoms with E-state index >= 15 is 0 Å². The van der Waals surface area contributed by atoms with Gasteiger partial charge in [-0.1, -0.05) is 42.8 Å². The van der Waals surface area contributed by atoms with E-state index in [2.05, 4.69) is 9.71 Å². The van der Waals surface area contributed by atoms with Crippen LogP contribution in [0.25, 0.3) is 0 Å². The topological polar surface area (TPSA) is 105 Å². The summed E-state index contributed by atoms with van der Waals surface area (Å²) in [5, 5.41) is 5.29. The molecule has 170 valence electrons. The summed E-state index contributed by atoms with van der Waals surface area (Å²) >= 11 is 6.45. The van der Waals surface area contributed by atoms with Crippen LogP contribution in [-0.2, 0) is 16.4 Å². The van der Waals surface area contributed by atoms with Crippen LogP contribution in [0.5, 0.6) is 0 Å². The molecule has 0 aliphatic rings. The van der Waals surface area contributed by atoms with Gasteiger partial charge in [-0.3, -0.25) is 9.52 Å². The van der Waals surface area contributed by atoms with Crippen molar-refractivity contribution in [2.75, 3.05) is 4.72 Å². The first-order valence-electron chi connectivity index (χ1n) is 9.28. The first kappa shape index (κ1) is 23.8. The van der Waals surface area contributed by atoms with Gasteiger partial charge in [0.05, 0.1) is 16.3 Å². The van der Waals surface area contributed by atoms with Gasteiger partial charge in [-0.25, -0.2) is 5.14 Å². The molecule has 0 spiro atoms. The fraction of sp³-hybridized carbons (Fsp3) is 0.190. The van der Waals surface area contributed by atoms with Crippen molar-refractivity contribution >= 4 is 33.3 Å². The van der Waals surface area contributed by atoms with Gasteiger partial charge in [-0.15, -0.1) is 0 Å². The molecule has 1 unspecified atom stereocenters. The van der Waals surface area contributed by atoms with E-state index in [1.807, 2.05) is 6.92 Å². The molecule has 32 heavy (non-hydrogen) atoms. The molecular formula is C21H19ClF3N3O3S. The van der Waals surface area contributed by atoms with Crippen LogP contribution in [0.3, 0.4) is 0 Å².